The van der Waals surface area contributed by atoms with E-state index in [0.717, 1.165) is 19.3 Å². The highest BCUT2D eigenvalue weighted by molar-refractivity contribution is 4.66. The minimum atomic E-state index is -4.05. The van der Waals surface area contributed by atoms with Gasteiger partial charge in [0.1, 0.15) is 0 Å². The second-order valence-electron chi connectivity index (χ2n) is 4.95. The normalized spacial score (nSPS) is 13.9. The van der Waals surface area contributed by atoms with Crippen molar-refractivity contribution in [1.29, 1.82) is 0 Å². The van der Waals surface area contributed by atoms with Gasteiger partial charge in [-0.3, -0.25) is 0 Å². The number of unbranched alkanes of at least 4 members (excludes halogenated alkanes) is 7. The Morgan fingerprint density at radius 3 is 1.82 bits per heavy atom. The van der Waals surface area contributed by atoms with E-state index in [-0.39, 0.29) is 0 Å². The first kappa shape index (κ1) is 16.8. The summed E-state index contributed by atoms with van der Waals surface area (Å²) in [6, 6.07) is 0. The van der Waals surface area contributed by atoms with E-state index in [1.807, 2.05) is 0 Å². The molecule has 1 atom stereocenters. The van der Waals surface area contributed by atoms with E-state index in [1.54, 1.807) is 0 Å². The fraction of sp³-hybridized carbons (Fsp3) is 0.929. The van der Waals surface area contributed by atoms with Crippen molar-refractivity contribution in [2.24, 2.45) is 5.92 Å². The van der Waals surface area contributed by atoms with Gasteiger partial charge < -0.3 is 0 Å². The number of hydrogen-bond acceptors (Lipinski definition) is 0. The zero-order valence-electron chi connectivity index (χ0n) is 11.0. The van der Waals surface area contributed by atoms with Crippen molar-refractivity contribution in [2.75, 3.05) is 0 Å². The molecule has 1 unspecified atom stereocenters. The van der Waals surface area contributed by atoms with E-state index in [2.05, 4.69) is 13.8 Å². The molecule has 0 saturated heterocycles. The van der Waals surface area contributed by atoms with Crippen LogP contribution >= 0.6 is 0 Å². The summed E-state index contributed by atoms with van der Waals surface area (Å²) < 4.78 is 36.0. The molecule has 103 valence electrons. The van der Waals surface area contributed by atoms with E-state index in [4.69, 9.17) is 0 Å². The van der Waals surface area contributed by atoms with Gasteiger partial charge in [0.25, 0.3) is 0 Å². The summed E-state index contributed by atoms with van der Waals surface area (Å²) in [6.45, 7) is 5.75. The molecule has 0 aromatic rings. The predicted octanol–water partition coefficient (Wildman–Crippen LogP) is 5.92. The minimum Gasteiger partial charge on any atom is -0.171 e. The van der Waals surface area contributed by atoms with E-state index >= 15 is 0 Å². The Morgan fingerprint density at radius 1 is 0.882 bits per heavy atom. The molecule has 0 aromatic heterocycles. The van der Waals surface area contributed by atoms with Gasteiger partial charge in [-0.1, -0.05) is 64.7 Å². The maximum atomic E-state index is 12.0. The van der Waals surface area contributed by atoms with E-state index < -0.39 is 18.5 Å². The van der Waals surface area contributed by atoms with Crippen LogP contribution in [0.2, 0.25) is 0 Å². The smallest absolute Gasteiger partial charge is 0.171 e. The fourth-order valence-corrected chi connectivity index (χ4v) is 2.00. The van der Waals surface area contributed by atoms with Crippen molar-refractivity contribution in [2.45, 2.75) is 77.3 Å². The van der Waals surface area contributed by atoms with Crippen molar-refractivity contribution < 1.29 is 13.2 Å². The van der Waals surface area contributed by atoms with Gasteiger partial charge in [0.2, 0.25) is 0 Å². The van der Waals surface area contributed by atoms with Crippen molar-refractivity contribution in [1.82, 2.24) is 0 Å². The van der Waals surface area contributed by atoms with E-state index in [1.165, 1.54) is 32.1 Å². The molecule has 0 heterocycles. The highest BCUT2D eigenvalue weighted by Crippen LogP contribution is 2.27. The molecule has 0 amide bonds. The van der Waals surface area contributed by atoms with Crippen LogP contribution in [-0.2, 0) is 0 Å². The summed E-state index contributed by atoms with van der Waals surface area (Å²) in [6.07, 6.45) is 5.25. The Balaban J connectivity index is 3.22. The van der Waals surface area contributed by atoms with Crippen LogP contribution in [0.5, 0.6) is 0 Å². The van der Waals surface area contributed by atoms with Crippen molar-refractivity contribution >= 4 is 0 Å². The number of alkyl halides is 3. The van der Waals surface area contributed by atoms with Gasteiger partial charge >= 0.3 is 6.18 Å². The lowest BCUT2D eigenvalue weighted by atomic mass is 9.98. The van der Waals surface area contributed by atoms with Crippen LogP contribution in [0.3, 0.4) is 0 Å². The molecule has 0 bridgehead atoms. The van der Waals surface area contributed by atoms with Crippen molar-refractivity contribution in [3.63, 3.8) is 0 Å². The first-order chi connectivity index (χ1) is 7.95. The fourth-order valence-electron chi connectivity index (χ4n) is 2.00. The zero-order chi connectivity index (χ0) is 13.1. The van der Waals surface area contributed by atoms with Crippen molar-refractivity contribution in [3.8, 4) is 0 Å². The molecular weight excluding hydrogens is 225 g/mol. The zero-order valence-corrected chi connectivity index (χ0v) is 11.0. The molecular formula is C14H26F3. The summed E-state index contributed by atoms with van der Waals surface area (Å²) in [5.41, 5.74) is 0. The standard InChI is InChI=1S/C14H26F3/c1-3-4-5-6-7-8-9-10-11-13(2)12-14(15,16)17/h13H,2-12H2,1H3. The Morgan fingerprint density at radius 2 is 1.35 bits per heavy atom. The highest BCUT2D eigenvalue weighted by Gasteiger charge is 2.29. The van der Waals surface area contributed by atoms with E-state index in [9.17, 15) is 13.2 Å². The first-order valence-electron chi connectivity index (χ1n) is 6.85. The molecule has 3 heteroatoms. The maximum Gasteiger partial charge on any atom is 0.389 e. The highest BCUT2D eigenvalue weighted by atomic mass is 19.4. The molecule has 0 nitrogen and oxygen atoms in total. The quantitative estimate of drug-likeness (QED) is 0.423. The summed E-state index contributed by atoms with van der Waals surface area (Å²) in [7, 11) is 0. The monoisotopic (exact) mass is 251 g/mol. The average Bonchev–Trinajstić information content (AvgIpc) is 2.19. The van der Waals surface area contributed by atoms with Gasteiger partial charge in [-0.15, -0.1) is 0 Å². The van der Waals surface area contributed by atoms with Gasteiger partial charge in [0.05, 0.1) is 0 Å². The van der Waals surface area contributed by atoms with E-state index in [0.29, 0.717) is 6.42 Å². The molecule has 0 rings (SSSR count). The second kappa shape index (κ2) is 9.78. The van der Waals surface area contributed by atoms with Crippen LogP contribution in [0.25, 0.3) is 0 Å². The summed E-state index contributed by atoms with van der Waals surface area (Å²) in [4.78, 5) is 0. The third-order valence-corrected chi connectivity index (χ3v) is 2.99. The molecule has 0 saturated carbocycles. The third-order valence-electron chi connectivity index (χ3n) is 2.99. The van der Waals surface area contributed by atoms with Crippen molar-refractivity contribution in [3.05, 3.63) is 6.92 Å². The summed E-state index contributed by atoms with van der Waals surface area (Å²) in [5.74, 6) is -0.463. The SMILES string of the molecule is [CH2]C(CCCCCCCCCC)CC(F)(F)F. The third kappa shape index (κ3) is 13.7. The minimum absolute atomic E-state index is 0.463. The Hall–Kier alpha value is -0.210. The molecule has 1 radical (unpaired) electrons. The molecule has 17 heavy (non-hydrogen) atoms. The molecule has 0 fully saturated rings. The topological polar surface area (TPSA) is 0 Å². The van der Waals surface area contributed by atoms with Gasteiger partial charge in [0, 0.05) is 6.42 Å². The molecule has 0 aliphatic rings. The molecule has 0 N–H and O–H groups in total. The van der Waals surface area contributed by atoms with Crippen LogP contribution in [0.15, 0.2) is 0 Å². The molecule has 0 spiro atoms. The first-order valence-corrected chi connectivity index (χ1v) is 6.85. The predicted molar refractivity (Wildman–Crippen MR) is 66.7 cm³/mol. The second-order valence-corrected chi connectivity index (χ2v) is 4.95. The lowest BCUT2D eigenvalue weighted by molar-refractivity contribution is -0.141. The molecule has 0 aliphatic carbocycles. The van der Waals surface area contributed by atoms with Gasteiger partial charge in [0.15, 0.2) is 0 Å². The van der Waals surface area contributed by atoms with Gasteiger partial charge in [-0.25, -0.2) is 0 Å². The lowest BCUT2D eigenvalue weighted by Gasteiger charge is -2.13. The largest absolute Gasteiger partial charge is 0.389 e. The maximum absolute atomic E-state index is 12.0. The van der Waals surface area contributed by atoms with Crippen LogP contribution in [0.4, 0.5) is 13.2 Å². The number of rotatable bonds is 10. The van der Waals surface area contributed by atoms with Gasteiger partial charge in [-0.2, -0.15) is 13.2 Å². The summed E-state index contributed by atoms with van der Waals surface area (Å²) >= 11 is 0. The molecule has 0 aromatic carbocycles. The van der Waals surface area contributed by atoms with Gasteiger partial charge in [-0.05, 0) is 12.8 Å². The lowest BCUT2D eigenvalue weighted by Crippen LogP contribution is -2.13. The molecule has 0 aliphatic heterocycles. The Bertz CT molecular complexity index is 163. The van der Waals surface area contributed by atoms with Crippen LogP contribution < -0.4 is 0 Å². The van der Waals surface area contributed by atoms with Crippen LogP contribution in [0, 0.1) is 12.8 Å². The Kier molecular flexibility index (Phi) is 9.66. The number of hydrogen-bond donors (Lipinski definition) is 0. The van der Waals surface area contributed by atoms with Crippen LogP contribution in [-0.4, -0.2) is 6.18 Å². The number of halogens is 3. The van der Waals surface area contributed by atoms with Crippen LogP contribution in [0.1, 0.15) is 71.1 Å². The Labute approximate surface area is 104 Å². The average molecular weight is 251 g/mol. The summed E-state index contributed by atoms with van der Waals surface area (Å²) in [5, 5.41) is 0.